The van der Waals surface area contributed by atoms with Crippen molar-refractivity contribution in [3.8, 4) is 0 Å². The molecular weight excluding hydrogens is 919 g/mol. The molecular formula is C18H14Br8O2S. The molecule has 0 unspecified atom stereocenters. The van der Waals surface area contributed by atoms with Crippen LogP contribution in [-0.4, -0.2) is 13.5 Å². The van der Waals surface area contributed by atoms with Crippen molar-refractivity contribution in [2.75, 3.05) is 0 Å². The first-order valence-corrected chi connectivity index (χ1v) is 15.8. The molecule has 0 bridgehead atoms. The molecule has 11 heteroatoms. The van der Waals surface area contributed by atoms with Crippen molar-refractivity contribution in [1.82, 2.24) is 0 Å². The standard InChI is InChI=1S/C18H14Br8O2S/c19-15(20,13-7-3-1-4-8-13)11-17(23,24)29(27,28)18(25,26)12-16(21,22)14-9-5-2-6-10-14/h1-10H,11-12H2. The second-order valence-electron chi connectivity index (χ2n) is 6.27. The predicted octanol–water partition coefficient (Wildman–Crippen LogP) is 9.35. The van der Waals surface area contributed by atoms with Gasteiger partial charge in [-0.3, -0.25) is 0 Å². The van der Waals surface area contributed by atoms with Crippen LogP contribution >= 0.6 is 127 Å². The molecule has 0 aliphatic carbocycles. The molecule has 2 rings (SSSR count). The highest BCUT2D eigenvalue weighted by Gasteiger charge is 2.56. The minimum atomic E-state index is -3.87. The number of halogens is 8. The topological polar surface area (TPSA) is 34.1 Å². The molecule has 0 aliphatic rings. The van der Waals surface area contributed by atoms with Crippen molar-refractivity contribution >= 4 is 137 Å². The summed E-state index contributed by atoms with van der Waals surface area (Å²) in [7, 11) is -3.87. The molecule has 0 saturated carbocycles. The summed E-state index contributed by atoms with van der Waals surface area (Å²) in [5, 5.41) is 0. The number of rotatable bonds is 8. The summed E-state index contributed by atoms with van der Waals surface area (Å²) >= 11 is 28.2. The third kappa shape index (κ3) is 6.64. The van der Waals surface area contributed by atoms with Gasteiger partial charge in [0.25, 0.3) is 0 Å². The fourth-order valence-electron chi connectivity index (χ4n) is 2.49. The van der Waals surface area contributed by atoms with Gasteiger partial charge in [0, 0.05) is 12.8 Å². The lowest BCUT2D eigenvalue weighted by molar-refractivity contribution is 0.576. The molecule has 2 aromatic carbocycles. The van der Waals surface area contributed by atoms with E-state index in [0.29, 0.717) is 0 Å². The van der Waals surface area contributed by atoms with Crippen LogP contribution in [0.3, 0.4) is 0 Å². The Morgan fingerprint density at radius 3 is 1.10 bits per heavy atom. The quantitative estimate of drug-likeness (QED) is 0.248. The summed E-state index contributed by atoms with van der Waals surface area (Å²) in [4.78, 5) is 0. The minimum absolute atomic E-state index is 0.147. The van der Waals surface area contributed by atoms with Crippen molar-refractivity contribution in [2.45, 2.75) is 24.4 Å². The maximum absolute atomic E-state index is 13.6. The van der Waals surface area contributed by atoms with Gasteiger partial charge in [-0.25, -0.2) is 8.42 Å². The summed E-state index contributed by atoms with van der Waals surface area (Å²) in [6.07, 6.45) is 0.294. The molecule has 0 atom stereocenters. The van der Waals surface area contributed by atoms with Gasteiger partial charge in [0.2, 0.25) is 9.84 Å². The number of hydrogen-bond donors (Lipinski definition) is 0. The monoisotopic (exact) mass is 925 g/mol. The second-order valence-corrected chi connectivity index (χ2v) is 25.9. The SMILES string of the molecule is O=S(=O)(C(Br)(Br)CC(Br)(Br)c1ccccc1)C(Br)(Br)CC(Br)(Br)c1ccccc1. The summed E-state index contributed by atoms with van der Waals surface area (Å²) in [5.41, 5.74) is 1.79. The third-order valence-corrected chi connectivity index (χ3v) is 15.1. The van der Waals surface area contributed by atoms with Crippen LogP contribution in [0.15, 0.2) is 60.7 Å². The number of alkyl halides is 8. The van der Waals surface area contributed by atoms with E-state index in [-0.39, 0.29) is 12.8 Å². The van der Waals surface area contributed by atoms with Gasteiger partial charge in [-0.2, -0.15) is 0 Å². The van der Waals surface area contributed by atoms with Gasteiger partial charge in [-0.15, -0.1) is 0 Å². The fourth-order valence-corrected chi connectivity index (χ4v) is 17.8. The Morgan fingerprint density at radius 1 is 0.552 bits per heavy atom. The fraction of sp³-hybridized carbons (Fsp3) is 0.333. The van der Waals surface area contributed by atoms with Crippen LogP contribution in [0.1, 0.15) is 24.0 Å². The van der Waals surface area contributed by atoms with Crippen LogP contribution in [0, 0.1) is 0 Å². The Balaban J connectivity index is 2.33. The van der Waals surface area contributed by atoms with Crippen LogP contribution < -0.4 is 0 Å². The molecule has 0 aromatic heterocycles. The largest absolute Gasteiger partial charge is 0.224 e. The van der Waals surface area contributed by atoms with E-state index >= 15 is 0 Å². The van der Waals surface area contributed by atoms with Gasteiger partial charge < -0.3 is 0 Å². The van der Waals surface area contributed by atoms with Gasteiger partial charge >= 0.3 is 0 Å². The molecule has 2 aromatic rings. The molecule has 0 amide bonds. The van der Waals surface area contributed by atoms with Gasteiger partial charge in [0.1, 0.15) is 6.47 Å². The molecule has 29 heavy (non-hydrogen) atoms. The smallest absolute Gasteiger partial charge is 0.201 e. The second kappa shape index (κ2) is 10.2. The first-order valence-electron chi connectivity index (χ1n) is 7.99. The maximum atomic E-state index is 13.6. The third-order valence-electron chi connectivity index (χ3n) is 4.03. The highest BCUT2D eigenvalue weighted by atomic mass is 79.9. The number of hydrogen-bond acceptors (Lipinski definition) is 2. The van der Waals surface area contributed by atoms with Crippen LogP contribution in [0.2, 0.25) is 0 Å². The van der Waals surface area contributed by atoms with Crippen LogP contribution in [0.5, 0.6) is 0 Å². The van der Waals surface area contributed by atoms with Gasteiger partial charge in [-0.1, -0.05) is 188 Å². The molecule has 0 spiro atoms. The first kappa shape index (κ1) is 27.5. The van der Waals surface area contributed by atoms with E-state index in [4.69, 9.17) is 0 Å². The zero-order valence-electron chi connectivity index (χ0n) is 14.4. The van der Waals surface area contributed by atoms with Crippen molar-refractivity contribution in [3.05, 3.63) is 71.8 Å². The van der Waals surface area contributed by atoms with E-state index in [2.05, 4.69) is 127 Å². The normalized spacial score (nSPS) is 14.1. The Kier molecular flexibility index (Phi) is 9.70. The van der Waals surface area contributed by atoms with E-state index in [1.807, 2.05) is 60.7 Å². The Hall–Kier alpha value is 2.23. The lowest BCUT2D eigenvalue weighted by atomic mass is 10.1. The van der Waals surface area contributed by atoms with Crippen molar-refractivity contribution in [1.29, 1.82) is 0 Å². The zero-order valence-corrected chi connectivity index (χ0v) is 27.9. The van der Waals surface area contributed by atoms with Gasteiger partial charge in [0.15, 0.2) is 5.13 Å². The average molecular weight is 934 g/mol. The highest BCUT2D eigenvalue weighted by Crippen LogP contribution is 2.59. The molecule has 2 nitrogen and oxygen atoms in total. The molecule has 0 fully saturated rings. The molecule has 0 N–H and O–H groups in total. The zero-order chi connectivity index (χ0) is 22.1. The Bertz CT molecular complexity index is 857. The van der Waals surface area contributed by atoms with Crippen molar-refractivity contribution in [2.24, 2.45) is 0 Å². The van der Waals surface area contributed by atoms with Crippen LogP contribution in [0.4, 0.5) is 0 Å². The molecule has 0 aliphatic heterocycles. The van der Waals surface area contributed by atoms with E-state index in [0.717, 1.165) is 11.1 Å². The van der Waals surface area contributed by atoms with Crippen LogP contribution in [-0.2, 0) is 16.3 Å². The number of sulfone groups is 1. The highest BCUT2D eigenvalue weighted by molar-refractivity contribution is 9.31. The Labute approximate surface area is 238 Å². The summed E-state index contributed by atoms with van der Waals surface area (Å²) in [6.45, 7) is 0. The van der Waals surface area contributed by atoms with E-state index < -0.39 is 21.4 Å². The van der Waals surface area contributed by atoms with Gasteiger partial charge in [-0.05, 0) is 11.1 Å². The molecule has 0 saturated heterocycles. The first-order chi connectivity index (χ1) is 13.1. The van der Waals surface area contributed by atoms with Crippen molar-refractivity contribution < 1.29 is 8.42 Å². The molecule has 0 heterocycles. The van der Waals surface area contributed by atoms with Crippen molar-refractivity contribution in [3.63, 3.8) is 0 Å². The Morgan fingerprint density at radius 2 is 0.828 bits per heavy atom. The molecule has 0 radical (unpaired) electrons. The lowest BCUT2D eigenvalue weighted by Gasteiger charge is -2.36. The summed E-state index contributed by atoms with van der Waals surface area (Å²) < 4.78 is 22.8. The van der Waals surface area contributed by atoms with Gasteiger partial charge in [0.05, 0.1) is 0 Å². The summed E-state index contributed by atoms with van der Waals surface area (Å²) in [5.74, 6) is 0. The maximum Gasteiger partial charge on any atom is 0.201 e. The lowest BCUT2D eigenvalue weighted by Crippen LogP contribution is -2.42. The number of benzene rings is 2. The van der Waals surface area contributed by atoms with Crippen LogP contribution in [0.25, 0.3) is 0 Å². The van der Waals surface area contributed by atoms with E-state index in [1.165, 1.54) is 0 Å². The van der Waals surface area contributed by atoms with E-state index in [1.54, 1.807) is 0 Å². The summed E-state index contributed by atoms with van der Waals surface area (Å²) in [6, 6.07) is 19.1. The average Bonchev–Trinajstić information content (AvgIpc) is 2.61. The molecule has 160 valence electrons. The predicted molar refractivity (Wildman–Crippen MR) is 151 cm³/mol. The van der Waals surface area contributed by atoms with E-state index in [9.17, 15) is 8.42 Å². The minimum Gasteiger partial charge on any atom is -0.224 e.